The van der Waals surface area contributed by atoms with Gasteiger partial charge in [0.2, 0.25) is 5.54 Å². The van der Waals surface area contributed by atoms with Crippen LogP contribution in [0.4, 0.5) is 0 Å². The lowest BCUT2D eigenvalue weighted by Crippen LogP contribution is -2.54. The zero-order valence-electron chi connectivity index (χ0n) is 11.1. The SMILES string of the molecule is CCOC(=O)[C@@]12[C@H]3CON1O[C@H](C)[C@@H]2O[Si]3(C)C. The van der Waals surface area contributed by atoms with Crippen LogP contribution in [-0.4, -0.2) is 50.5 Å². The van der Waals surface area contributed by atoms with Gasteiger partial charge < -0.3 is 9.16 Å². The molecule has 0 radical (unpaired) electrons. The first kappa shape index (κ1) is 12.6. The van der Waals surface area contributed by atoms with Crippen molar-refractivity contribution in [3.05, 3.63) is 0 Å². The first-order chi connectivity index (χ1) is 8.44. The number of hydroxylamine groups is 2. The van der Waals surface area contributed by atoms with Gasteiger partial charge in [-0.15, -0.1) is 0 Å². The largest absolute Gasteiger partial charge is 0.464 e. The number of hydrogen-bond donors (Lipinski definition) is 0. The molecule has 0 aromatic rings. The molecular weight excluding hydrogens is 254 g/mol. The molecule has 0 saturated carbocycles. The molecular formula is C11H19NO5Si. The third-order valence-corrected chi connectivity index (χ3v) is 7.33. The highest BCUT2D eigenvalue weighted by Crippen LogP contribution is 2.58. The average molecular weight is 273 g/mol. The third kappa shape index (κ3) is 1.28. The fraction of sp³-hybridized carbons (Fsp3) is 0.909. The van der Waals surface area contributed by atoms with Gasteiger partial charge in [-0.2, -0.15) is 0 Å². The summed E-state index contributed by atoms with van der Waals surface area (Å²) in [5.41, 5.74) is -0.829. The summed E-state index contributed by atoms with van der Waals surface area (Å²) >= 11 is 0. The minimum absolute atomic E-state index is 0.0546. The summed E-state index contributed by atoms with van der Waals surface area (Å²) in [7, 11) is -1.98. The number of esters is 1. The maximum atomic E-state index is 12.5. The van der Waals surface area contributed by atoms with Crippen LogP contribution >= 0.6 is 0 Å². The molecule has 0 bridgehead atoms. The predicted molar refractivity (Wildman–Crippen MR) is 63.8 cm³/mol. The van der Waals surface area contributed by atoms with E-state index >= 15 is 0 Å². The number of rotatable bonds is 2. The van der Waals surface area contributed by atoms with E-state index in [4.69, 9.17) is 18.8 Å². The topological polar surface area (TPSA) is 57.2 Å². The van der Waals surface area contributed by atoms with E-state index in [1.54, 1.807) is 6.92 Å². The smallest absolute Gasteiger partial charge is 0.334 e. The van der Waals surface area contributed by atoms with Crippen molar-refractivity contribution < 1.29 is 23.6 Å². The first-order valence-corrected chi connectivity index (χ1v) is 9.38. The van der Waals surface area contributed by atoms with Crippen molar-refractivity contribution in [2.45, 2.75) is 50.2 Å². The van der Waals surface area contributed by atoms with Crippen molar-refractivity contribution >= 4 is 14.3 Å². The number of carbonyl (C=O) groups is 1. The number of hydrogen-bond acceptors (Lipinski definition) is 6. The maximum absolute atomic E-state index is 12.5. The maximum Gasteiger partial charge on any atom is 0.334 e. The van der Waals surface area contributed by atoms with Crippen LogP contribution < -0.4 is 0 Å². The lowest BCUT2D eigenvalue weighted by molar-refractivity contribution is -0.353. The van der Waals surface area contributed by atoms with Gasteiger partial charge in [-0.25, -0.2) is 4.79 Å². The molecule has 0 unspecified atom stereocenters. The van der Waals surface area contributed by atoms with Gasteiger partial charge in [-0.05, 0) is 32.2 Å². The highest BCUT2D eigenvalue weighted by atomic mass is 28.4. The average Bonchev–Trinajstić information content (AvgIpc) is 2.84. The monoisotopic (exact) mass is 273 g/mol. The van der Waals surface area contributed by atoms with E-state index < -0.39 is 13.9 Å². The molecule has 102 valence electrons. The molecule has 3 aliphatic heterocycles. The van der Waals surface area contributed by atoms with Crippen molar-refractivity contribution in [1.29, 1.82) is 0 Å². The normalized spacial score (nSPS) is 45.2. The summed E-state index contributed by atoms with van der Waals surface area (Å²) in [6.07, 6.45) is -0.475. The molecule has 7 heteroatoms. The number of nitrogens with zero attached hydrogens (tertiary/aromatic N) is 1. The van der Waals surface area contributed by atoms with Crippen molar-refractivity contribution in [2.24, 2.45) is 0 Å². The van der Waals surface area contributed by atoms with E-state index in [1.807, 2.05) is 6.92 Å². The Kier molecular flexibility index (Phi) is 2.63. The Bertz CT molecular complexity index is 390. The molecule has 0 amide bonds. The number of ether oxygens (including phenoxy) is 1. The summed E-state index contributed by atoms with van der Waals surface area (Å²) in [6, 6.07) is 0. The summed E-state index contributed by atoms with van der Waals surface area (Å²) in [4.78, 5) is 23.6. The van der Waals surface area contributed by atoms with Crippen molar-refractivity contribution in [2.75, 3.05) is 13.2 Å². The van der Waals surface area contributed by atoms with Crippen LogP contribution in [0.5, 0.6) is 0 Å². The van der Waals surface area contributed by atoms with Gasteiger partial charge in [-0.1, -0.05) is 0 Å². The fourth-order valence-electron chi connectivity index (χ4n) is 3.39. The van der Waals surface area contributed by atoms with Crippen LogP contribution in [0.1, 0.15) is 13.8 Å². The van der Waals surface area contributed by atoms with E-state index in [0.29, 0.717) is 13.2 Å². The van der Waals surface area contributed by atoms with Gasteiger partial charge >= 0.3 is 5.97 Å². The van der Waals surface area contributed by atoms with Crippen LogP contribution in [0.2, 0.25) is 18.6 Å². The lowest BCUT2D eigenvalue weighted by Gasteiger charge is -2.28. The Labute approximate surface area is 107 Å². The Hall–Kier alpha value is -0.473. The van der Waals surface area contributed by atoms with Gasteiger partial charge in [0.25, 0.3) is 0 Å². The van der Waals surface area contributed by atoms with E-state index in [1.165, 1.54) is 5.23 Å². The van der Waals surface area contributed by atoms with Gasteiger partial charge in [-0.3, -0.25) is 9.68 Å². The van der Waals surface area contributed by atoms with E-state index in [2.05, 4.69) is 13.1 Å². The van der Waals surface area contributed by atoms with Crippen LogP contribution in [0, 0.1) is 0 Å². The highest BCUT2D eigenvalue weighted by Gasteiger charge is 2.78. The molecule has 3 rings (SSSR count). The van der Waals surface area contributed by atoms with E-state index in [9.17, 15) is 4.79 Å². The molecule has 3 saturated heterocycles. The Morgan fingerprint density at radius 2 is 2.28 bits per heavy atom. The van der Waals surface area contributed by atoms with Crippen LogP contribution in [0.3, 0.4) is 0 Å². The van der Waals surface area contributed by atoms with E-state index in [-0.39, 0.29) is 23.7 Å². The standard InChI is InChI=1S/C11H19NO5Si/c1-5-14-10(13)11-8-6-15-12(11)16-7(2)9(11)17-18(8,3)4/h7-9H,5-6H2,1-4H3/t7-,8-,9+,11+/m1/s1. The Morgan fingerprint density at radius 3 is 2.94 bits per heavy atom. The zero-order chi connectivity index (χ0) is 13.1. The third-order valence-electron chi connectivity index (χ3n) is 4.19. The molecule has 0 aromatic carbocycles. The Balaban J connectivity index is 2.06. The highest BCUT2D eigenvalue weighted by molar-refractivity contribution is 6.74. The minimum atomic E-state index is -1.98. The second kappa shape index (κ2) is 3.77. The van der Waals surface area contributed by atoms with Gasteiger partial charge in [0.15, 0.2) is 8.32 Å². The molecule has 3 aliphatic rings. The van der Waals surface area contributed by atoms with Crippen molar-refractivity contribution in [1.82, 2.24) is 5.23 Å². The fourth-order valence-corrected chi connectivity index (χ4v) is 6.51. The van der Waals surface area contributed by atoms with Gasteiger partial charge in [0.05, 0.1) is 13.2 Å². The van der Waals surface area contributed by atoms with Crippen LogP contribution in [-0.2, 0) is 23.6 Å². The van der Waals surface area contributed by atoms with Gasteiger partial charge in [0.1, 0.15) is 12.2 Å². The summed E-state index contributed by atoms with van der Waals surface area (Å²) < 4.78 is 11.4. The van der Waals surface area contributed by atoms with Crippen LogP contribution in [0.25, 0.3) is 0 Å². The van der Waals surface area contributed by atoms with E-state index in [0.717, 1.165) is 0 Å². The quantitative estimate of drug-likeness (QED) is 0.549. The molecule has 3 fully saturated rings. The predicted octanol–water partition coefficient (Wildman–Crippen LogP) is 0.843. The van der Waals surface area contributed by atoms with Crippen molar-refractivity contribution in [3.8, 4) is 0 Å². The Morgan fingerprint density at radius 1 is 1.56 bits per heavy atom. The van der Waals surface area contributed by atoms with Crippen LogP contribution in [0.15, 0.2) is 0 Å². The number of carbonyl (C=O) groups excluding carboxylic acids is 1. The lowest BCUT2D eigenvalue weighted by atomic mass is 9.88. The van der Waals surface area contributed by atoms with Crippen molar-refractivity contribution in [3.63, 3.8) is 0 Å². The molecule has 0 aromatic heterocycles. The van der Waals surface area contributed by atoms with Gasteiger partial charge in [0, 0.05) is 5.54 Å². The minimum Gasteiger partial charge on any atom is -0.464 e. The molecule has 18 heavy (non-hydrogen) atoms. The molecule has 0 aliphatic carbocycles. The summed E-state index contributed by atoms with van der Waals surface area (Å²) in [6.45, 7) is 8.78. The first-order valence-electron chi connectivity index (χ1n) is 6.39. The second-order valence-electron chi connectivity index (χ2n) is 5.60. The molecule has 3 heterocycles. The zero-order valence-corrected chi connectivity index (χ0v) is 12.1. The molecule has 4 atom stereocenters. The molecule has 6 nitrogen and oxygen atoms in total. The summed E-state index contributed by atoms with van der Waals surface area (Å²) in [5, 5.41) is 1.35. The second-order valence-corrected chi connectivity index (χ2v) is 9.74. The molecule has 0 spiro atoms. The summed E-state index contributed by atoms with van der Waals surface area (Å²) in [5.74, 6) is -0.278. The molecule has 0 N–H and O–H groups in total.